The van der Waals surface area contributed by atoms with E-state index >= 15 is 0 Å². The molecule has 0 N–H and O–H groups in total. The summed E-state index contributed by atoms with van der Waals surface area (Å²) in [5.41, 5.74) is 0.938. The first-order valence-corrected chi connectivity index (χ1v) is 9.10. The molecular weight excluding hydrogens is 336 g/mol. The fourth-order valence-electron chi connectivity index (χ4n) is 3.92. The van der Waals surface area contributed by atoms with Crippen LogP contribution in [0.3, 0.4) is 0 Å². The highest BCUT2D eigenvalue weighted by Crippen LogP contribution is 2.33. The second-order valence-electron chi connectivity index (χ2n) is 7.55. The molecule has 1 aliphatic carbocycles. The lowest BCUT2D eigenvalue weighted by Crippen LogP contribution is -2.30. The predicted octanol–water partition coefficient (Wildman–Crippen LogP) is 4.41. The zero-order valence-corrected chi connectivity index (χ0v) is 16.7. The highest BCUT2D eigenvalue weighted by atomic mass is 35.5. The maximum Gasteiger partial charge on any atom is 0.158 e. The van der Waals surface area contributed by atoms with Gasteiger partial charge in [0, 0.05) is 32.5 Å². The molecule has 1 fully saturated rings. The molecule has 3 rings (SSSR count). The molecule has 0 spiro atoms. The Balaban J connectivity index is 0.00000225. The fourth-order valence-corrected chi connectivity index (χ4v) is 3.92. The molecule has 2 aromatic heterocycles. The van der Waals surface area contributed by atoms with Gasteiger partial charge in [0.15, 0.2) is 5.82 Å². The van der Waals surface area contributed by atoms with Crippen LogP contribution in [0.25, 0.3) is 0 Å². The second-order valence-corrected chi connectivity index (χ2v) is 7.55. The molecule has 1 saturated carbocycles. The molecule has 2 aromatic rings. The molecule has 0 radical (unpaired) electrons. The van der Waals surface area contributed by atoms with E-state index in [0.717, 1.165) is 11.6 Å². The molecule has 0 amide bonds. The predicted molar refractivity (Wildman–Crippen MR) is 102 cm³/mol. The highest BCUT2D eigenvalue weighted by molar-refractivity contribution is 5.85. The minimum absolute atomic E-state index is 0. The molecule has 0 unspecified atom stereocenters. The molecule has 5 nitrogen and oxygen atoms in total. The zero-order valence-electron chi connectivity index (χ0n) is 15.9. The highest BCUT2D eigenvalue weighted by Gasteiger charge is 2.31. The van der Waals surface area contributed by atoms with Crippen molar-refractivity contribution in [2.45, 2.75) is 70.4 Å². The van der Waals surface area contributed by atoms with Gasteiger partial charge < -0.3 is 13.9 Å². The van der Waals surface area contributed by atoms with Gasteiger partial charge in [0.05, 0.1) is 12.1 Å². The van der Waals surface area contributed by atoms with Gasteiger partial charge in [-0.05, 0) is 38.3 Å². The Morgan fingerprint density at radius 3 is 2.48 bits per heavy atom. The molecule has 0 bridgehead atoms. The maximum atomic E-state index is 5.23. The van der Waals surface area contributed by atoms with Crippen LogP contribution < -0.4 is 0 Å². The van der Waals surface area contributed by atoms with Crippen molar-refractivity contribution in [1.82, 2.24) is 19.3 Å². The lowest BCUT2D eigenvalue weighted by atomic mass is 9.99. The molecular formula is C19H31ClN4O. The quantitative estimate of drug-likeness (QED) is 0.736. The monoisotopic (exact) mass is 366 g/mol. The van der Waals surface area contributed by atoms with Crippen LogP contribution in [-0.4, -0.2) is 26.4 Å². The van der Waals surface area contributed by atoms with Crippen LogP contribution in [0.1, 0.15) is 75.5 Å². The van der Waals surface area contributed by atoms with E-state index in [1.54, 1.807) is 7.11 Å². The van der Waals surface area contributed by atoms with Crippen LogP contribution in [0.5, 0.6) is 0 Å². The number of nitrogens with zero attached hydrogens (tertiary/aromatic N) is 4. The summed E-state index contributed by atoms with van der Waals surface area (Å²) in [6, 6.07) is 2.10. The van der Waals surface area contributed by atoms with Crippen molar-refractivity contribution < 1.29 is 4.74 Å². The van der Waals surface area contributed by atoms with Gasteiger partial charge in [-0.2, -0.15) is 0 Å². The number of ether oxygens (including phenoxy) is 1. The van der Waals surface area contributed by atoms with E-state index < -0.39 is 0 Å². The first-order valence-electron chi connectivity index (χ1n) is 9.10. The average molecular weight is 367 g/mol. The van der Waals surface area contributed by atoms with Crippen molar-refractivity contribution in [3.05, 3.63) is 35.7 Å². The van der Waals surface area contributed by atoms with Crippen LogP contribution in [0.15, 0.2) is 18.5 Å². The van der Waals surface area contributed by atoms with Crippen molar-refractivity contribution in [3.63, 3.8) is 0 Å². The van der Waals surface area contributed by atoms with Crippen molar-refractivity contribution in [3.8, 4) is 0 Å². The van der Waals surface area contributed by atoms with Gasteiger partial charge in [-0.1, -0.05) is 25.7 Å². The van der Waals surface area contributed by atoms with Gasteiger partial charge >= 0.3 is 0 Å². The lowest BCUT2D eigenvalue weighted by molar-refractivity contribution is 0.184. The third-order valence-electron chi connectivity index (χ3n) is 5.39. The number of hydrogen-bond acceptors (Lipinski definition) is 3. The van der Waals surface area contributed by atoms with Crippen LogP contribution in [0.4, 0.5) is 0 Å². The van der Waals surface area contributed by atoms with Crippen LogP contribution in [0, 0.1) is 0 Å². The Kier molecular flexibility index (Phi) is 6.69. The maximum absolute atomic E-state index is 5.23. The average Bonchev–Trinajstić information content (AvgIpc) is 3.08. The van der Waals surface area contributed by atoms with E-state index in [-0.39, 0.29) is 17.9 Å². The Morgan fingerprint density at radius 1 is 1.16 bits per heavy atom. The second kappa shape index (κ2) is 8.37. The summed E-state index contributed by atoms with van der Waals surface area (Å²) < 4.78 is 9.67. The van der Waals surface area contributed by atoms with Gasteiger partial charge in [0.1, 0.15) is 5.82 Å². The zero-order chi connectivity index (χ0) is 17.2. The van der Waals surface area contributed by atoms with E-state index in [1.807, 2.05) is 0 Å². The number of rotatable bonds is 5. The largest absolute Gasteiger partial charge is 0.380 e. The summed E-state index contributed by atoms with van der Waals surface area (Å²) in [6.07, 6.45) is 12.1. The molecule has 6 heteroatoms. The summed E-state index contributed by atoms with van der Waals surface area (Å²) in [5, 5.41) is 9.18. The third kappa shape index (κ3) is 4.09. The third-order valence-corrected chi connectivity index (χ3v) is 5.39. The van der Waals surface area contributed by atoms with E-state index in [2.05, 4.69) is 58.7 Å². The van der Waals surface area contributed by atoms with Gasteiger partial charge in [-0.3, -0.25) is 0 Å². The van der Waals surface area contributed by atoms with Gasteiger partial charge in [-0.25, -0.2) is 0 Å². The molecule has 0 saturated heterocycles. The number of aromatic nitrogens is 4. The van der Waals surface area contributed by atoms with Gasteiger partial charge in [0.25, 0.3) is 0 Å². The van der Waals surface area contributed by atoms with Crippen LogP contribution >= 0.6 is 12.4 Å². The van der Waals surface area contributed by atoms with Crippen molar-refractivity contribution >= 4 is 12.4 Å². The first kappa shape index (κ1) is 20.0. The molecule has 1 aliphatic rings. The Morgan fingerprint density at radius 2 is 1.84 bits per heavy atom. The molecule has 0 aliphatic heterocycles. The minimum atomic E-state index is -0.239. The van der Waals surface area contributed by atoms with Crippen molar-refractivity contribution in [2.75, 3.05) is 7.11 Å². The van der Waals surface area contributed by atoms with Crippen LogP contribution in [0.2, 0.25) is 0 Å². The topological polar surface area (TPSA) is 44.9 Å². The molecule has 0 atom stereocenters. The molecule has 25 heavy (non-hydrogen) atoms. The number of hydrogen-bond donors (Lipinski definition) is 0. The summed E-state index contributed by atoms with van der Waals surface area (Å²) in [6.45, 7) is 5.03. The smallest absolute Gasteiger partial charge is 0.158 e. The van der Waals surface area contributed by atoms with Crippen molar-refractivity contribution in [1.29, 1.82) is 0 Å². The summed E-state index contributed by atoms with van der Waals surface area (Å²) >= 11 is 0. The molecule has 2 heterocycles. The Hall–Kier alpha value is -1.33. The lowest BCUT2D eigenvalue weighted by Gasteiger charge is -2.26. The van der Waals surface area contributed by atoms with E-state index in [9.17, 15) is 0 Å². The van der Waals surface area contributed by atoms with Crippen molar-refractivity contribution in [2.24, 2.45) is 7.05 Å². The van der Waals surface area contributed by atoms with Crippen LogP contribution in [-0.2, 0) is 23.9 Å². The minimum Gasteiger partial charge on any atom is -0.380 e. The Bertz CT molecular complexity index is 669. The Labute approximate surface area is 157 Å². The number of halogens is 1. The first-order chi connectivity index (χ1) is 11.5. The van der Waals surface area contributed by atoms with E-state index in [0.29, 0.717) is 12.5 Å². The van der Waals surface area contributed by atoms with E-state index in [4.69, 9.17) is 4.74 Å². The molecule has 0 aromatic carbocycles. The van der Waals surface area contributed by atoms with Gasteiger partial charge in [0.2, 0.25) is 0 Å². The number of methoxy groups -OCH3 is 1. The normalized spacial score (nSPS) is 16.5. The summed E-state index contributed by atoms with van der Waals surface area (Å²) in [5.74, 6) is 2.73. The van der Waals surface area contributed by atoms with E-state index in [1.165, 1.54) is 44.1 Å². The standard InChI is InChI=1S/C19H30N4O.ClH/c1-19(2,23-12-11-15(13-23)14-24-4)18-21-20-17(22(18)3)16-9-7-5-6-8-10-16;/h11-13,16H,5-10,14H2,1-4H3;1H. The SMILES string of the molecule is COCc1ccn(C(C)(C)c2nnc(C3CCCCCC3)n2C)c1.Cl. The summed E-state index contributed by atoms with van der Waals surface area (Å²) in [4.78, 5) is 0. The molecule has 140 valence electrons. The van der Waals surface area contributed by atoms with Gasteiger partial charge in [-0.15, -0.1) is 22.6 Å². The fraction of sp³-hybridized carbons (Fsp3) is 0.684. The summed E-state index contributed by atoms with van der Waals surface area (Å²) in [7, 11) is 3.85.